The number of carbonyl (C=O) groups is 1. The predicted octanol–water partition coefficient (Wildman–Crippen LogP) is 5.08. The minimum absolute atomic E-state index is 0.00692. The van der Waals surface area contributed by atoms with E-state index < -0.39 is 0 Å². The number of unbranched alkanes of at least 4 members (excludes halogenated alkanes) is 7. The molecule has 1 saturated carbocycles. The van der Waals surface area contributed by atoms with E-state index in [1.165, 1.54) is 77.7 Å². The number of ether oxygens (including phenoxy) is 1. The van der Waals surface area contributed by atoms with Gasteiger partial charge >= 0.3 is 5.97 Å². The highest BCUT2D eigenvalue weighted by Gasteiger charge is 2.30. The summed E-state index contributed by atoms with van der Waals surface area (Å²) in [5.74, 6) is 0.884. The zero-order valence-electron chi connectivity index (χ0n) is 15.7. The normalized spacial score (nSPS) is 22.7. The second-order valence-electron chi connectivity index (χ2n) is 7.29. The molecule has 0 spiro atoms. The fourth-order valence-electron chi connectivity index (χ4n) is 4.04. The second kappa shape index (κ2) is 12.8. The van der Waals surface area contributed by atoms with E-state index in [9.17, 15) is 4.79 Å². The van der Waals surface area contributed by atoms with Crippen LogP contribution in [0.25, 0.3) is 0 Å². The van der Waals surface area contributed by atoms with Gasteiger partial charge in [-0.25, -0.2) is 0 Å². The highest BCUT2D eigenvalue weighted by atomic mass is 16.5. The lowest BCUT2D eigenvalue weighted by atomic mass is 9.77. The standard InChI is InChI=1S/C20H39NO2/c1-4-5-6-7-8-9-10-11-12-19(21-2)17-13-15-18(16-14-17)20(22)23-3/h17-19,21H,4-16H2,1-3H3. The van der Waals surface area contributed by atoms with Gasteiger partial charge in [-0.15, -0.1) is 0 Å². The molecular formula is C20H39NO2. The Kier molecular flexibility index (Phi) is 11.4. The summed E-state index contributed by atoms with van der Waals surface area (Å²) in [7, 11) is 3.61. The second-order valence-corrected chi connectivity index (χ2v) is 7.29. The van der Waals surface area contributed by atoms with Gasteiger partial charge in [0.25, 0.3) is 0 Å². The summed E-state index contributed by atoms with van der Waals surface area (Å²) < 4.78 is 4.88. The van der Waals surface area contributed by atoms with Gasteiger partial charge in [0.2, 0.25) is 0 Å². The number of hydrogen-bond acceptors (Lipinski definition) is 3. The molecule has 0 aromatic rings. The average Bonchev–Trinajstić information content (AvgIpc) is 2.60. The SMILES string of the molecule is CCCCCCCCCCC(NC)C1CCC(C(=O)OC)CC1. The maximum atomic E-state index is 11.6. The van der Waals surface area contributed by atoms with Gasteiger partial charge in [0.15, 0.2) is 0 Å². The number of hydrogen-bond donors (Lipinski definition) is 1. The maximum Gasteiger partial charge on any atom is 0.308 e. The van der Waals surface area contributed by atoms with Crippen molar-refractivity contribution in [1.29, 1.82) is 0 Å². The molecule has 1 rings (SSSR count). The quantitative estimate of drug-likeness (QED) is 0.401. The van der Waals surface area contributed by atoms with Crippen molar-refractivity contribution < 1.29 is 9.53 Å². The first kappa shape index (κ1) is 20.5. The topological polar surface area (TPSA) is 38.3 Å². The molecular weight excluding hydrogens is 286 g/mol. The third-order valence-corrected chi connectivity index (χ3v) is 5.61. The molecule has 1 atom stereocenters. The van der Waals surface area contributed by atoms with Gasteiger partial charge < -0.3 is 10.1 Å². The summed E-state index contributed by atoms with van der Waals surface area (Å²) in [4.78, 5) is 11.6. The average molecular weight is 326 g/mol. The van der Waals surface area contributed by atoms with Crippen LogP contribution in [0, 0.1) is 11.8 Å². The summed E-state index contributed by atoms with van der Waals surface area (Å²) >= 11 is 0. The summed E-state index contributed by atoms with van der Waals surface area (Å²) in [5, 5.41) is 3.53. The van der Waals surface area contributed by atoms with Crippen LogP contribution in [0.5, 0.6) is 0 Å². The fourth-order valence-corrected chi connectivity index (χ4v) is 4.04. The molecule has 0 aromatic carbocycles. The van der Waals surface area contributed by atoms with Crippen LogP contribution in [-0.4, -0.2) is 26.2 Å². The first-order valence-corrected chi connectivity index (χ1v) is 9.98. The summed E-state index contributed by atoms with van der Waals surface area (Å²) in [5.41, 5.74) is 0. The van der Waals surface area contributed by atoms with Crippen LogP contribution in [0.1, 0.15) is 90.4 Å². The van der Waals surface area contributed by atoms with E-state index in [0.29, 0.717) is 6.04 Å². The monoisotopic (exact) mass is 325 g/mol. The number of nitrogens with one attached hydrogen (secondary N) is 1. The van der Waals surface area contributed by atoms with Gasteiger partial charge in [0, 0.05) is 6.04 Å². The zero-order chi connectivity index (χ0) is 16.9. The van der Waals surface area contributed by atoms with E-state index in [1.807, 2.05) is 0 Å². The largest absolute Gasteiger partial charge is 0.469 e. The number of esters is 1. The minimum atomic E-state index is -0.00692. The zero-order valence-corrected chi connectivity index (χ0v) is 15.7. The molecule has 1 aliphatic rings. The number of rotatable bonds is 12. The van der Waals surface area contributed by atoms with E-state index in [1.54, 1.807) is 0 Å². The lowest BCUT2D eigenvalue weighted by Crippen LogP contribution is -2.37. The Hall–Kier alpha value is -0.570. The Labute approximate surface area is 143 Å². The van der Waals surface area contributed by atoms with Crippen molar-refractivity contribution in [1.82, 2.24) is 5.32 Å². The number of methoxy groups -OCH3 is 1. The molecule has 1 unspecified atom stereocenters. The van der Waals surface area contributed by atoms with Gasteiger partial charge in [-0.1, -0.05) is 58.3 Å². The lowest BCUT2D eigenvalue weighted by molar-refractivity contribution is -0.146. The van der Waals surface area contributed by atoms with Crippen LogP contribution in [-0.2, 0) is 9.53 Å². The molecule has 3 nitrogen and oxygen atoms in total. The Morgan fingerprint density at radius 1 is 1.00 bits per heavy atom. The Morgan fingerprint density at radius 2 is 1.57 bits per heavy atom. The molecule has 0 radical (unpaired) electrons. The molecule has 0 aliphatic heterocycles. The number of carbonyl (C=O) groups excluding carboxylic acids is 1. The molecule has 0 saturated heterocycles. The molecule has 1 fully saturated rings. The van der Waals surface area contributed by atoms with Gasteiger partial charge in [-0.05, 0) is 45.1 Å². The Bertz CT molecular complexity index is 298. The van der Waals surface area contributed by atoms with E-state index in [2.05, 4.69) is 19.3 Å². The summed E-state index contributed by atoms with van der Waals surface area (Å²) in [6, 6.07) is 0.633. The molecule has 0 amide bonds. The van der Waals surface area contributed by atoms with Gasteiger partial charge in [0.05, 0.1) is 13.0 Å². The van der Waals surface area contributed by atoms with Gasteiger partial charge in [-0.2, -0.15) is 0 Å². The van der Waals surface area contributed by atoms with Gasteiger partial charge in [-0.3, -0.25) is 4.79 Å². The highest BCUT2D eigenvalue weighted by molar-refractivity contribution is 5.72. The van der Waals surface area contributed by atoms with Crippen LogP contribution in [0.4, 0.5) is 0 Å². The molecule has 23 heavy (non-hydrogen) atoms. The van der Waals surface area contributed by atoms with Crippen LogP contribution in [0.3, 0.4) is 0 Å². The van der Waals surface area contributed by atoms with Crippen LogP contribution in [0.15, 0.2) is 0 Å². The third kappa shape index (κ3) is 8.19. The summed E-state index contributed by atoms with van der Waals surface area (Å²) in [6.07, 6.45) is 16.7. The van der Waals surface area contributed by atoms with E-state index >= 15 is 0 Å². The molecule has 1 N–H and O–H groups in total. The Balaban J connectivity index is 2.11. The van der Waals surface area contributed by atoms with Crippen molar-refractivity contribution in [2.75, 3.05) is 14.2 Å². The molecule has 0 bridgehead atoms. The van der Waals surface area contributed by atoms with Crippen LogP contribution in [0.2, 0.25) is 0 Å². The van der Waals surface area contributed by atoms with E-state index in [-0.39, 0.29) is 11.9 Å². The smallest absolute Gasteiger partial charge is 0.308 e. The molecule has 1 aliphatic carbocycles. The van der Waals surface area contributed by atoms with Gasteiger partial charge in [0.1, 0.15) is 0 Å². The first-order valence-electron chi connectivity index (χ1n) is 9.98. The molecule has 136 valence electrons. The van der Waals surface area contributed by atoms with E-state index in [0.717, 1.165) is 18.8 Å². The lowest BCUT2D eigenvalue weighted by Gasteiger charge is -2.33. The van der Waals surface area contributed by atoms with Crippen molar-refractivity contribution in [3.8, 4) is 0 Å². The van der Waals surface area contributed by atoms with Crippen molar-refractivity contribution in [2.45, 2.75) is 96.4 Å². The van der Waals surface area contributed by atoms with Crippen molar-refractivity contribution in [3.05, 3.63) is 0 Å². The summed E-state index contributed by atoms with van der Waals surface area (Å²) in [6.45, 7) is 2.27. The van der Waals surface area contributed by atoms with E-state index in [4.69, 9.17) is 4.74 Å². The van der Waals surface area contributed by atoms with Crippen molar-refractivity contribution in [2.24, 2.45) is 11.8 Å². The van der Waals surface area contributed by atoms with Crippen molar-refractivity contribution in [3.63, 3.8) is 0 Å². The highest BCUT2D eigenvalue weighted by Crippen LogP contribution is 2.33. The Morgan fingerprint density at radius 3 is 2.09 bits per heavy atom. The molecule has 3 heteroatoms. The first-order chi connectivity index (χ1) is 11.2. The predicted molar refractivity (Wildman–Crippen MR) is 97.5 cm³/mol. The minimum Gasteiger partial charge on any atom is -0.469 e. The van der Waals surface area contributed by atoms with Crippen molar-refractivity contribution >= 4 is 5.97 Å². The molecule has 0 heterocycles. The maximum absolute atomic E-state index is 11.6. The fraction of sp³-hybridized carbons (Fsp3) is 0.950. The third-order valence-electron chi connectivity index (χ3n) is 5.61. The van der Waals surface area contributed by atoms with Crippen LogP contribution < -0.4 is 5.32 Å². The van der Waals surface area contributed by atoms with Crippen LogP contribution >= 0.6 is 0 Å². The molecule has 0 aromatic heterocycles.